The zero-order valence-corrected chi connectivity index (χ0v) is 18.9. The normalized spacial score (nSPS) is 11.0. The first-order valence-corrected chi connectivity index (χ1v) is 12.2. The number of aromatic nitrogens is 1. The van der Waals surface area contributed by atoms with Crippen LogP contribution < -0.4 is 10.4 Å². The quantitative estimate of drug-likeness (QED) is 0.249. The number of unbranched alkanes of at least 4 members (excludes halogenated alkanes) is 7. The topological polar surface area (TPSA) is 52.3 Å². The number of hydrogen-bond acceptors (Lipinski definition) is 5. The Kier molecular flexibility index (Phi) is 9.71. The van der Waals surface area contributed by atoms with Gasteiger partial charge in [0, 0.05) is 17.6 Å². The Bertz CT molecular complexity index is 1000. The molecule has 0 amide bonds. The van der Waals surface area contributed by atoms with Gasteiger partial charge in [-0.1, -0.05) is 75.4 Å². The van der Waals surface area contributed by atoms with Crippen LogP contribution in [0.15, 0.2) is 69.9 Å². The molecule has 0 aliphatic rings. The first-order chi connectivity index (χ1) is 15.3. The average Bonchev–Trinajstić information content (AvgIpc) is 2.80. The van der Waals surface area contributed by atoms with Crippen molar-refractivity contribution in [1.82, 2.24) is 4.98 Å². The van der Waals surface area contributed by atoms with Crippen molar-refractivity contribution in [2.45, 2.75) is 51.4 Å². The summed E-state index contributed by atoms with van der Waals surface area (Å²) in [6, 6.07) is 13.0. The fraction of sp³-hybridized carbons (Fsp3) is 0.385. The third-order valence-corrected chi connectivity index (χ3v) is 5.96. The Morgan fingerprint density at radius 3 is 2.42 bits per heavy atom. The monoisotopic (exact) mass is 437 g/mol. The van der Waals surface area contributed by atoms with Crippen molar-refractivity contribution in [3.8, 4) is 17.0 Å². The van der Waals surface area contributed by atoms with E-state index in [0.29, 0.717) is 23.6 Å². The molecule has 4 nitrogen and oxygen atoms in total. The third-order valence-electron chi connectivity index (χ3n) is 5.20. The molecule has 3 aromatic rings. The van der Waals surface area contributed by atoms with Crippen molar-refractivity contribution < 1.29 is 9.15 Å². The fourth-order valence-electron chi connectivity index (χ4n) is 3.50. The second-order valence-electron chi connectivity index (χ2n) is 7.59. The second kappa shape index (κ2) is 13.0. The first-order valence-electron chi connectivity index (χ1n) is 11.1. The van der Waals surface area contributed by atoms with Gasteiger partial charge in [0.25, 0.3) is 0 Å². The molecule has 0 atom stereocenters. The highest BCUT2D eigenvalue weighted by Gasteiger charge is 2.09. The van der Waals surface area contributed by atoms with Gasteiger partial charge in [0.05, 0.1) is 12.2 Å². The van der Waals surface area contributed by atoms with E-state index in [4.69, 9.17) is 9.15 Å². The smallest absolute Gasteiger partial charge is 0.344 e. The second-order valence-corrected chi connectivity index (χ2v) is 8.66. The molecule has 0 unspecified atom stereocenters. The summed E-state index contributed by atoms with van der Waals surface area (Å²) in [5.41, 5.74) is 1.53. The molecule has 0 N–H and O–H groups in total. The predicted octanol–water partition coefficient (Wildman–Crippen LogP) is 7.23. The minimum Gasteiger partial charge on any atom is -0.478 e. The van der Waals surface area contributed by atoms with Crippen LogP contribution in [-0.2, 0) is 0 Å². The lowest BCUT2D eigenvalue weighted by Gasteiger charge is -2.07. The Labute approximate surface area is 188 Å². The first kappa shape index (κ1) is 23.1. The number of pyridine rings is 1. The molecular weight excluding hydrogens is 406 g/mol. The van der Waals surface area contributed by atoms with Gasteiger partial charge >= 0.3 is 5.63 Å². The molecule has 31 heavy (non-hydrogen) atoms. The molecule has 0 bridgehead atoms. The van der Waals surface area contributed by atoms with E-state index in [0.717, 1.165) is 23.8 Å². The molecule has 0 radical (unpaired) electrons. The number of thioether (sulfide) groups is 1. The SMILES string of the molecule is C=CSCCCCCCCCCCOc1cc2oc(=O)c(-c3ccccc3)cc2cn1. The van der Waals surface area contributed by atoms with Crippen LogP contribution in [0.25, 0.3) is 22.1 Å². The van der Waals surface area contributed by atoms with Crippen molar-refractivity contribution in [1.29, 1.82) is 0 Å². The van der Waals surface area contributed by atoms with Crippen molar-refractivity contribution in [3.05, 3.63) is 71.1 Å². The van der Waals surface area contributed by atoms with Gasteiger partial charge < -0.3 is 9.15 Å². The number of fused-ring (bicyclic) bond motifs is 1. The molecular formula is C26H31NO3S. The van der Waals surface area contributed by atoms with Gasteiger partial charge in [-0.05, 0) is 35.6 Å². The predicted molar refractivity (Wildman–Crippen MR) is 131 cm³/mol. The summed E-state index contributed by atoms with van der Waals surface area (Å²) in [4.78, 5) is 16.8. The average molecular weight is 438 g/mol. The van der Waals surface area contributed by atoms with Crippen molar-refractivity contribution >= 4 is 22.7 Å². The summed E-state index contributed by atoms with van der Waals surface area (Å²) in [5, 5.41) is 2.71. The minimum absolute atomic E-state index is 0.352. The molecule has 1 aromatic carbocycles. The van der Waals surface area contributed by atoms with E-state index in [1.165, 1.54) is 44.3 Å². The highest BCUT2D eigenvalue weighted by Crippen LogP contribution is 2.23. The Hall–Kier alpha value is -2.53. The number of ether oxygens (including phenoxy) is 1. The van der Waals surface area contributed by atoms with Gasteiger partial charge in [-0.2, -0.15) is 0 Å². The van der Waals surface area contributed by atoms with E-state index in [2.05, 4.69) is 11.6 Å². The largest absolute Gasteiger partial charge is 0.478 e. The highest BCUT2D eigenvalue weighted by molar-refractivity contribution is 8.02. The Morgan fingerprint density at radius 1 is 0.968 bits per heavy atom. The van der Waals surface area contributed by atoms with Crippen molar-refractivity contribution in [3.63, 3.8) is 0 Å². The van der Waals surface area contributed by atoms with Gasteiger partial charge in [0.2, 0.25) is 5.88 Å². The van der Waals surface area contributed by atoms with Crippen LogP contribution in [0, 0.1) is 0 Å². The van der Waals surface area contributed by atoms with Crippen LogP contribution in [0.4, 0.5) is 0 Å². The van der Waals surface area contributed by atoms with E-state index in [-0.39, 0.29) is 5.63 Å². The lowest BCUT2D eigenvalue weighted by Crippen LogP contribution is -2.03. The van der Waals surface area contributed by atoms with Gasteiger partial charge in [0.1, 0.15) is 5.58 Å². The molecule has 0 fully saturated rings. The molecule has 3 rings (SSSR count). The van der Waals surface area contributed by atoms with Gasteiger partial charge in [-0.25, -0.2) is 9.78 Å². The lowest BCUT2D eigenvalue weighted by molar-refractivity contribution is 0.293. The fourth-order valence-corrected chi connectivity index (χ4v) is 4.04. The van der Waals surface area contributed by atoms with Crippen molar-refractivity contribution in [2.24, 2.45) is 0 Å². The summed E-state index contributed by atoms with van der Waals surface area (Å²) in [5.74, 6) is 1.70. The minimum atomic E-state index is -0.352. The molecule has 2 heterocycles. The molecule has 0 aliphatic carbocycles. The number of rotatable bonds is 14. The van der Waals surface area contributed by atoms with Gasteiger partial charge in [-0.3, -0.25) is 0 Å². The van der Waals surface area contributed by atoms with Crippen LogP contribution in [-0.4, -0.2) is 17.3 Å². The molecule has 0 saturated heterocycles. The molecule has 0 spiro atoms. The molecule has 5 heteroatoms. The van der Waals surface area contributed by atoms with Crippen molar-refractivity contribution in [2.75, 3.05) is 12.4 Å². The number of benzene rings is 1. The Morgan fingerprint density at radius 2 is 1.68 bits per heavy atom. The van der Waals surface area contributed by atoms with E-state index in [9.17, 15) is 4.79 Å². The van der Waals surface area contributed by atoms with Crippen LogP contribution >= 0.6 is 11.8 Å². The van der Waals surface area contributed by atoms with E-state index in [1.54, 1.807) is 12.3 Å². The van der Waals surface area contributed by atoms with Crippen LogP contribution in [0.5, 0.6) is 5.88 Å². The van der Waals surface area contributed by atoms with E-state index >= 15 is 0 Å². The molecule has 0 aliphatic heterocycles. The van der Waals surface area contributed by atoms with Gasteiger partial charge in [0.15, 0.2) is 0 Å². The zero-order chi connectivity index (χ0) is 21.7. The summed E-state index contributed by atoms with van der Waals surface area (Å²) in [6.45, 7) is 4.35. The Balaban J connectivity index is 1.38. The lowest BCUT2D eigenvalue weighted by atomic mass is 10.1. The summed E-state index contributed by atoms with van der Waals surface area (Å²) < 4.78 is 11.3. The van der Waals surface area contributed by atoms with Gasteiger partial charge in [-0.15, -0.1) is 11.8 Å². The van der Waals surface area contributed by atoms with E-state index in [1.807, 2.05) is 53.6 Å². The van der Waals surface area contributed by atoms with Crippen LogP contribution in [0.3, 0.4) is 0 Å². The number of hydrogen-bond donors (Lipinski definition) is 0. The van der Waals surface area contributed by atoms with Crippen LogP contribution in [0.1, 0.15) is 51.4 Å². The molecule has 0 saturated carbocycles. The highest BCUT2D eigenvalue weighted by atomic mass is 32.2. The zero-order valence-electron chi connectivity index (χ0n) is 18.1. The number of nitrogens with zero attached hydrogens (tertiary/aromatic N) is 1. The van der Waals surface area contributed by atoms with Crippen LogP contribution in [0.2, 0.25) is 0 Å². The molecule has 2 aromatic heterocycles. The molecule has 164 valence electrons. The summed E-state index contributed by atoms with van der Waals surface area (Å²) in [6.07, 6.45) is 11.7. The van der Waals surface area contributed by atoms with E-state index < -0.39 is 0 Å². The maximum absolute atomic E-state index is 12.4. The summed E-state index contributed by atoms with van der Waals surface area (Å²) in [7, 11) is 0. The third kappa shape index (κ3) is 7.59. The summed E-state index contributed by atoms with van der Waals surface area (Å²) >= 11 is 1.81. The standard InChI is InChI=1S/C26H31NO3S/c1-2-31-17-13-8-6-4-3-5-7-12-16-29-25-19-24-22(20-27-25)18-23(26(28)30-24)21-14-10-9-11-15-21/h2,9-11,14-15,18-20H,1,3-8,12-13,16-17H2. The maximum atomic E-state index is 12.4. The maximum Gasteiger partial charge on any atom is 0.344 e.